The molecule has 0 spiro atoms. The van der Waals surface area contributed by atoms with E-state index in [-0.39, 0.29) is 17.3 Å². The lowest BCUT2D eigenvalue weighted by Gasteiger charge is -2.24. The fourth-order valence-electron chi connectivity index (χ4n) is 2.45. The summed E-state index contributed by atoms with van der Waals surface area (Å²) in [4.78, 5) is 25.5. The largest absolute Gasteiger partial charge is 0.465 e. The Labute approximate surface area is 143 Å². The number of carbonyl (C=O) groups excluding carboxylic acids is 2. The van der Waals surface area contributed by atoms with Gasteiger partial charge >= 0.3 is 5.97 Å². The second-order valence-electron chi connectivity index (χ2n) is 5.02. The SMILES string of the molecule is COC(=O)c1ccc([C@H]2SCC(=O)N2c2ccc(Cl)cc2)cc1. The minimum atomic E-state index is -0.374. The van der Waals surface area contributed by atoms with Crippen molar-refractivity contribution in [3.63, 3.8) is 0 Å². The van der Waals surface area contributed by atoms with Crippen LogP contribution in [0.4, 0.5) is 5.69 Å². The summed E-state index contributed by atoms with van der Waals surface area (Å²) in [6.07, 6.45) is 0. The lowest BCUT2D eigenvalue weighted by molar-refractivity contribution is -0.115. The molecule has 0 unspecified atom stereocenters. The fraction of sp³-hybridized carbons (Fsp3) is 0.176. The van der Waals surface area contributed by atoms with E-state index in [2.05, 4.69) is 0 Å². The van der Waals surface area contributed by atoms with E-state index >= 15 is 0 Å². The van der Waals surface area contributed by atoms with Crippen LogP contribution in [0.15, 0.2) is 48.5 Å². The van der Waals surface area contributed by atoms with Gasteiger partial charge in [0.1, 0.15) is 5.37 Å². The van der Waals surface area contributed by atoms with Gasteiger partial charge in [0.2, 0.25) is 5.91 Å². The standard InChI is InChI=1S/C17H14ClNO3S/c1-22-17(21)12-4-2-11(3-5-12)16-19(15(20)10-23-16)14-8-6-13(18)7-9-14/h2-9,16H,10H2,1H3/t16-/m1/s1. The molecule has 0 radical (unpaired) electrons. The molecule has 1 saturated heterocycles. The van der Waals surface area contributed by atoms with Gasteiger partial charge in [0, 0.05) is 10.7 Å². The van der Waals surface area contributed by atoms with Gasteiger partial charge in [-0.1, -0.05) is 23.7 Å². The molecule has 1 aliphatic rings. The molecule has 1 aliphatic heterocycles. The van der Waals surface area contributed by atoms with E-state index in [0.29, 0.717) is 16.3 Å². The Morgan fingerprint density at radius 1 is 1.17 bits per heavy atom. The first-order valence-corrected chi connectivity index (χ1v) is 8.40. The first-order valence-electron chi connectivity index (χ1n) is 6.97. The van der Waals surface area contributed by atoms with E-state index in [0.717, 1.165) is 11.3 Å². The third-order valence-electron chi connectivity index (χ3n) is 3.59. The molecule has 0 aromatic heterocycles. The van der Waals surface area contributed by atoms with Crippen LogP contribution in [-0.4, -0.2) is 24.7 Å². The second kappa shape index (κ2) is 6.64. The Bertz CT molecular complexity index is 731. The van der Waals surface area contributed by atoms with Crippen molar-refractivity contribution in [1.29, 1.82) is 0 Å². The molecule has 23 heavy (non-hydrogen) atoms. The number of ether oxygens (including phenoxy) is 1. The zero-order valence-electron chi connectivity index (χ0n) is 12.4. The van der Waals surface area contributed by atoms with Crippen molar-refractivity contribution >= 4 is 40.9 Å². The molecule has 2 aromatic rings. The third kappa shape index (κ3) is 3.21. The smallest absolute Gasteiger partial charge is 0.337 e. The number of thioether (sulfide) groups is 1. The minimum Gasteiger partial charge on any atom is -0.465 e. The van der Waals surface area contributed by atoms with E-state index in [1.807, 2.05) is 24.3 Å². The number of rotatable bonds is 3. The number of hydrogen-bond donors (Lipinski definition) is 0. The van der Waals surface area contributed by atoms with Crippen molar-refractivity contribution in [2.24, 2.45) is 0 Å². The van der Waals surface area contributed by atoms with E-state index in [9.17, 15) is 9.59 Å². The monoisotopic (exact) mass is 347 g/mol. The van der Waals surface area contributed by atoms with Gasteiger partial charge in [-0.2, -0.15) is 0 Å². The van der Waals surface area contributed by atoms with Gasteiger partial charge in [-0.3, -0.25) is 9.69 Å². The predicted octanol–water partition coefficient (Wildman–Crippen LogP) is 3.91. The van der Waals surface area contributed by atoms with Crippen LogP contribution < -0.4 is 4.90 Å². The highest BCUT2D eigenvalue weighted by Gasteiger charge is 2.34. The highest BCUT2D eigenvalue weighted by molar-refractivity contribution is 8.00. The number of nitrogens with zero attached hydrogens (tertiary/aromatic N) is 1. The molecule has 0 saturated carbocycles. The highest BCUT2D eigenvalue weighted by atomic mass is 35.5. The lowest BCUT2D eigenvalue weighted by Crippen LogP contribution is -2.27. The van der Waals surface area contributed by atoms with Crippen molar-refractivity contribution in [3.05, 3.63) is 64.7 Å². The van der Waals surface area contributed by atoms with Crippen molar-refractivity contribution in [2.45, 2.75) is 5.37 Å². The molecule has 4 nitrogen and oxygen atoms in total. The Balaban J connectivity index is 1.90. The molecular formula is C17H14ClNO3S. The third-order valence-corrected chi connectivity index (χ3v) is 5.05. The highest BCUT2D eigenvalue weighted by Crippen LogP contribution is 2.41. The van der Waals surface area contributed by atoms with Crippen molar-refractivity contribution in [1.82, 2.24) is 0 Å². The number of anilines is 1. The summed E-state index contributed by atoms with van der Waals surface area (Å²) >= 11 is 7.47. The van der Waals surface area contributed by atoms with Gasteiger partial charge in [-0.05, 0) is 42.0 Å². The number of amides is 1. The predicted molar refractivity (Wildman–Crippen MR) is 91.9 cm³/mol. The Morgan fingerprint density at radius 2 is 1.83 bits per heavy atom. The Kier molecular flexibility index (Phi) is 4.59. The number of methoxy groups -OCH3 is 1. The van der Waals surface area contributed by atoms with Crippen molar-refractivity contribution in [2.75, 3.05) is 17.8 Å². The van der Waals surface area contributed by atoms with E-state index in [1.165, 1.54) is 7.11 Å². The van der Waals surface area contributed by atoms with Crippen molar-refractivity contribution < 1.29 is 14.3 Å². The molecule has 6 heteroatoms. The van der Waals surface area contributed by atoms with Crippen LogP contribution in [0, 0.1) is 0 Å². The van der Waals surface area contributed by atoms with Crippen LogP contribution in [0.2, 0.25) is 5.02 Å². The molecule has 3 rings (SSSR count). The number of benzene rings is 2. The zero-order valence-corrected chi connectivity index (χ0v) is 13.9. The summed E-state index contributed by atoms with van der Waals surface area (Å²) in [5.74, 6) is 0.104. The molecular weight excluding hydrogens is 334 g/mol. The Morgan fingerprint density at radius 3 is 2.43 bits per heavy atom. The number of hydrogen-bond acceptors (Lipinski definition) is 4. The zero-order chi connectivity index (χ0) is 16.4. The van der Waals surface area contributed by atoms with Crippen LogP contribution in [0.5, 0.6) is 0 Å². The average molecular weight is 348 g/mol. The molecule has 1 amide bonds. The molecule has 1 fully saturated rings. The quantitative estimate of drug-likeness (QED) is 0.790. The number of carbonyl (C=O) groups is 2. The molecule has 1 atom stereocenters. The van der Waals surface area contributed by atoms with E-state index in [4.69, 9.17) is 16.3 Å². The first kappa shape index (κ1) is 15.9. The molecule has 0 N–H and O–H groups in total. The maximum absolute atomic E-state index is 12.3. The normalized spacial score (nSPS) is 17.4. The first-order chi connectivity index (χ1) is 11.1. The summed E-state index contributed by atoms with van der Waals surface area (Å²) in [7, 11) is 1.35. The Hall–Kier alpha value is -1.98. The van der Waals surface area contributed by atoms with Crippen LogP contribution in [0.3, 0.4) is 0 Å². The molecule has 118 valence electrons. The molecule has 0 bridgehead atoms. The van der Waals surface area contributed by atoms with E-state index in [1.54, 1.807) is 40.9 Å². The molecule has 0 aliphatic carbocycles. The number of halogens is 1. The van der Waals surface area contributed by atoms with Gasteiger partial charge in [0.15, 0.2) is 0 Å². The van der Waals surface area contributed by atoms with Crippen molar-refractivity contribution in [3.8, 4) is 0 Å². The lowest BCUT2D eigenvalue weighted by atomic mass is 10.1. The summed E-state index contributed by atoms with van der Waals surface area (Å²) in [5, 5.41) is 0.516. The van der Waals surface area contributed by atoms with E-state index < -0.39 is 0 Å². The van der Waals surface area contributed by atoms with Crippen LogP contribution in [0.25, 0.3) is 0 Å². The minimum absolute atomic E-state index is 0.0550. The van der Waals surface area contributed by atoms with Crippen LogP contribution in [-0.2, 0) is 9.53 Å². The summed E-state index contributed by atoms with van der Waals surface area (Å²) in [5.41, 5.74) is 2.26. The molecule has 2 aromatic carbocycles. The topological polar surface area (TPSA) is 46.6 Å². The van der Waals surface area contributed by atoms with Gasteiger partial charge in [-0.25, -0.2) is 4.79 Å². The summed E-state index contributed by atoms with van der Waals surface area (Å²) in [6, 6.07) is 14.3. The average Bonchev–Trinajstić information content (AvgIpc) is 2.97. The summed E-state index contributed by atoms with van der Waals surface area (Å²) in [6.45, 7) is 0. The summed E-state index contributed by atoms with van der Waals surface area (Å²) < 4.78 is 4.70. The van der Waals surface area contributed by atoms with Crippen LogP contribution >= 0.6 is 23.4 Å². The maximum atomic E-state index is 12.3. The molecule has 1 heterocycles. The second-order valence-corrected chi connectivity index (χ2v) is 6.52. The van der Waals surface area contributed by atoms with Crippen LogP contribution in [0.1, 0.15) is 21.3 Å². The fourth-order valence-corrected chi connectivity index (χ4v) is 3.76. The number of esters is 1. The van der Waals surface area contributed by atoms with Gasteiger partial charge in [0.25, 0.3) is 0 Å². The van der Waals surface area contributed by atoms with Gasteiger partial charge in [-0.15, -0.1) is 11.8 Å². The van der Waals surface area contributed by atoms with Gasteiger partial charge < -0.3 is 4.74 Å². The maximum Gasteiger partial charge on any atom is 0.337 e. The van der Waals surface area contributed by atoms with Gasteiger partial charge in [0.05, 0.1) is 18.4 Å².